The Labute approximate surface area is 320 Å². The number of phenolic OH excluding ortho intramolecular Hbond substituents is 1. The molecule has 0 bridgehead atoms. The molecule has 5 aromatic rings. The summed E-state index contributed by atoms with van der Waals surface area (Å²) >= 11 is 1.69. The molecule has 0 saturated heterocycles. The Hall–Kier alpha value is -5.15. The molecule has 2 aliphatic carbocycles. The molecule has 1 aromatic heterocycles. The number of aromatic hydroxyl groups is 1. The number of carbonyl (C=O) groups is 3. The van der Waals surface area contributed by atoms with E-state index in [1.807, 2.05) is 54.6 Å². The van der Waals surface area contributed by atoms with E-state index in [0.29, 0.717) is 43.4 Å². The molecule has 8 rings (SSSR count). The van der Waals surface area contributed by atoms with Crippen LogP contribution < -0.4 is 14.8 Å². The number of benzene rings is 4. The van der Waals surface area contributed by atoms with Crippen molar-refractivity contribution in [2.75, 3.05) is 18.5 Å². The Bertz CT molecular complexity index is 2170. The van der Waals surface area contributed by atoms with Crippen LogP contribution in [0.2, 0.25) is 0 Å². The third-order valence-electron chi connectivity index (χ3n) is 11.4. The monoisotopic (exact) mass is 742 g/mol. The largest absolute Gasteiger partial charge is 0.508 e. The van der Waals surface area contributed by atoms with E-state index in [4.69, 9.17) is 9.47 Å². The molecule has 1 amide bonds. The zero-order valence-corrected chi connectivity index (χ0v) is 31.5. The molecule has 2 saturated carbocycles. The molecular weight excluding hydrogens is 697 g/mol. The molecule has 54 heavy (non-hydrogen) atoms. The molecule has 4 aromatic carbocycles. The lowest BCUT2D eigenvalue weighted by Crippen LogP contribution is -2.44. The van der Waals surface area contributed by atoms with Crippen LogP contribution in [0.3, 0.4) is 0 Å². The first kappa shape index (κ1) is 35.9. The molecule has 2 N–H and O–H groups in total. The van der Waals surface area contributed by atoms with E-state index in [9.17, 15) is 19.5 Å². The van der Waals surface area contributed by atoms with Gasteiger partial charge in [-0.25, -0.2) is 0 Å². The summed E-state index contributed by atoms with van der Waals surface area (Å²) in [7, 11) is 0. The second-order valence-corrected chi connectivity index (χ2v) is 16.2. The van der Waals surface area contributed by atoms with E-state index in [0.717, 1.165) is 68.4 Å². The topological polar surface area (TPSA) is 105 Å². The fourth-order valence-electron chi connectivity index (χ4n) is 8.33. The van der Waals surface area contributed by atoms with Crippen molar-refractivity contribution in [1.29, 1.82) is 0 Å². The van der Waals surface area contributed by atoms with Crippen molar-refractivity contribution < 1.29 is 29.0 Å². The maximum absolute atomic E-state index is 13.2. The highest BCUT2D eigenvalue weighted by atomic mass is 32.1. The number of nitrogens with zero attached hydrogens (tertiary/aromatic N) is 1. The van der Waals surface area contributed by atoms with Gasteiger partial charge >= 0.3 is 0 Å². The second-order valence-electron chi connectivity index (χ2n) is 15.1. The van der Waals surface area contributed by atoms with Gasteiger partial charge in [-0.1, -0.05) is 37.8 Å². The van der Waals surface area contributed by atoms with Crippen molar-refractivity contribution in [3.8, 4) is 33.4 Å². The summed E-state index contributed by atoms with van der Waals surface area (Å²) in [6, 6.07) is 26.8. The van der Waals surface area contributed by atoms with Gasteiger partial charge < -0.3 is 24.8 Å². The van der Waals surface area contributed by atoms with Crippen LogP contribution in [0.15, 0.2) is 84.9 Å². The number of aryl methyl sites for hydroxylation is 1. The summed E-state index contributed by atoms with van der Waals surface area (Å²) in [6.45, 7) is 4.05. The summed E-state index contributed by atoms with van der Waals surface area (Å²) in [5.41, 5.74) is 4.81. The van der Waals surface area contributed by atoms with Crippen LogP contribution in [0.25, 0.3) is 20.5 Å². The number of phenols is 1. The van der Waals surface area contributed by atoms with E-state index in [1.54, 1.807) is 28.4 Å². The number of ketones is 2. The number of carbonyl (C=O) groups excluding carboxylic acids is 3. The van der Waals surface area contributed by atoms with Gasteiger partial charge in [0.05, 0.1) is 23.9 Å². The van der Waals surface area contributed by atoms with Gasteiger partial charge in [0, 0.05) is 46.4 Å². The lowest BCUT2D eigenvalue weighted by atomic mass is 9.79. The number of nitrogens with one attached hydrogen (secondary N) is 1. The molecule has 8 nitrogen and oxygen atoms in total. The molecule has 278 valence electrons. The lowest BCUT2D eigenvalue weighted by Gasteiger charge is -2.29. The number of amides is 1. The quantitative estimate of drug-likeness (QED) is 0.123. The molecule has 0 radical (unpaired) electrons. The standard InChI is InChI=1S/C45H46N2O6S/c1-28-5-19-37-42(25-28)54-44(31-10-12-32(48)13-11-31)43(37)53-35-17-15-34(16-18-35)52-24-22-30-8-6-29(7-9-30)21-23-46-39-4-2-3-36-38(39)27-47(45(36)51)40-20-14-33(49)26-41(40)50/h2-5,10-13,15-19,25,29-30,40,46,48H,6-9,14,20-24,26-27H2,1H3. The first-order valence-electron chi connectivity index (χ1n) is 19.2. The smallest absolute Gasteiger partial charge is 0.255 e. The number of hydrogen-bond acceptors (Lipinski definition) is 8. The molecule has 2 heterocycles. The van der Waals surface area contributed by atoms with Crippen molar-refractivity contribution in [1.82, 2.24) is 4.90 Å². The molecule has 0 spiro atoms. The second kappa shape index (κ2) is 15.7. The summed E-state index contributed by atoms with van der Waals surface area (Å²) in [6.07, 6.45) is 7.69. The fraction of sp³-hybridized carbons (Fsp3) is 0.356. The first-order valence-corrected chi connectivity index (χ1v) is 20.0. The van der Waals surface area contributed by atoms with Crippen molar-refractivity contribution in [3.05, 3.63) is 102 Å². The van der Waals surface area contributed by atoms with E-state index in [-0.39, 0.29) is 29.6 Å². The highest BCUT2D eigenvalue weighted by Gasteiger charge is 2.39. The number of hydrogen-bond donors (Lipinski definition) is 2. The van der Waals surface area contributed by atoms with Gasteiger partial charge in [0.1, 0.15) is 23.0 Å². The van der Waals surface area contributed by atoms with Crippen molar-refractivity contribution in [2.24, 2.45) is 11.8 Å². The number of thiophene rings is 1. The number of Topliss-reactive ketones (excluding diaryl/α,β-unsaturated/α-hetero) is 2. The molecule has 1 atom stereocenters. The van der Waals surface area contributed by atoms with Gasteiger partial charge in [-0.05, 0) is 122 Å². The van der Waals surface area contributed by atoms with E-state index in [1.165, 1.54) is 31.2 Å². The Morgan fingerprint density at radius 1 is 0.852 bits per heavy atom. The van der Waals surface area contributed by atoms with Crippen LogP contribution >= 0.6 is 11.3 Å². The predicted molar refractivity (Wildman–Crippen MR) is 213 cm³/mol. The van der Waals surface area contributed by atoms with E-state index >= 15 is 0 Å². The highest BCUT2D eigenvalue weighted by molar-refractivity contribution is 7.22. The van der Waals surface area contributed by atoms with Crippen molar-refractivity contribution in [2.45, 2.75) is 77.3 Å². The zero-order valence-electron chi connectivity index (χ0n) is 30.6. The van der Waals surface area contributed by atoms with Crippen LogP contribution in [-0.4, -0.2) is 46.7 Å². The van der Waals surface area contributed by atoms with Gasteiger partial charge in [-0.15, -0.1) is 11.3 Å². The maximum Gasteiger partial charge on any atom is 0.255 e. The minimum Gasteiger partial charge on any atom is -0.508 e. The van der Waals surface area contributed by atoms with Crippen LogP contribution in [0.4, 0.5) is 5.69 Å². The molecule has 2 fully saturated rings. The Kier molecular flexibility index (Phi) is 10.4. The molecule has 1 unspecified atom stereocenters. The number of ether oxygens (including phenoxy) is 2. The van der Waals surface area contributed by atoms with Crippen molar-refractivity contribution in [3.63, 3.8) is 0 Å². The van der Waals surface area contributed by atoms with Crippen LogP contribution in [0.1, 0.15) is 79.3 Å². The molecule has 3 aliphatic rings. The molecular formula is C45H46N2O6S. The Morgan fingerprint density at radius 3 is 2.35 bits per heavy atom. The van der Waals surface area contributed by atoms with Gasteiger partial charge in [-0.3, -0.25) is 14.4 Å². The highest BCUT2D eigenvalue weighted by Crippen LogP contribution is 2.47. The fourth-order valence-corrected chi connectivity index (χ4v) is 9.56. The van der Waals surface area contributed by atoms with Gasteiger partial charge in [-0.2, -0.15) is 0 Å². The average Bonchev–Trinajstić information content (AvgIpc) is 3.70. The van der Waals surface area contributed by atoms with E-state index in [2.05, 4.69) is 30.4 Å². The maximum atomic E-state index is 13.2. The number of fused-ring (bicyclic) bond motifs is 2. The van der Waals surface area contributed by atoms with Crippen LogP contribution in [0, 0.1) is 18.8 Å². The summed E-state index contributed by atoms with van der Waals surface area (Å²) in [4.78, 5) is 40.2. The SMILES string of the molecule is Cc1ccc2c(Oc3ccc(OCCC4CCC(CCNc5cccc6c5CN(C5CCC(=O)CC5=O)C6=O)CC4)cc3)c(-c3ccc(O)cc3)sc2c1. The third kappa shape index (κ3) is 7.73. The molecule has 1 aliphatic heterocycles. The number of rotatable bonds is 12. The van der Waals surface area contributed by atoms with Crippen LogP contribution in [0.5, 0.6) is 23.0 Å². The summed E-state index contributed by atoms with van der Waals surface area (Å²) in [5, 5.41) is 14.5. The molecule has 9 heteroatoms. The van der Waals surface area contributed by atoms with Crippen LogP contribution in [-0.2, 0) is 16.1 Å². The first-order chi connectivity index (χ1) is 26.3. The minimum atomic E-state index is -0.494. The zero-order chi connectivity index (χ0) is 37.2. The van der Waals surface area contributed by atoms with Crippen molar-refractivity contribution >= 4 is 44.6 Å². The Morgan fingerprint density at radius 2 is 1.59 bits per heavy atom. The number of anilines is 1. The van der Waals surface area contributed by atoms with Gasteiger partial charge in [0.25, 0.3) is 5.91 Å². The normalized spacial score (nSPS) is 20.0. The lowest BCUT2D eigenvalue weighted by molar-refractivity contribution is -0.133. The minimum absolute atomic E-state index is 0.0278. The van der Waals surface area contributed by atoms with E-state index < -0.39 is 6.04 Å². The predicted octanol–water partition coefficient (Wildman–Crippen LogP) is 10.1. The third-order valence-corrected chi connectivity index (χ3v) is 12.6. The summed E-state index contributed by atoms with van der Waals surface area (Å²) in [5.74, 6) is 3.72. The van der Waals surface area contributed by atoms with Gasteiger partial charge in [0.15, 0.2) is 11.5 Å². The summed E-state index contributed by atoms with van der Waals surface area (Å²) < 4.78 is 13.9. The van der Waals surface area contributed by atoms with Gasteiger partial charge in [0.2, 0.25) is 0 Å². The average molecular weight is 743 g/mol. The Balaban J connectivity index is 0.784.